The molecule has 3 heteroatoms. The fourth-order valence-electron chi connectivity index (χ4n) is 1.98. The standard InChI is InChI=1S/C17H16ClNO/c1-19-12-16(14-7-9-15(18)10-8-14)17(20)11-13-5-3-2-4-6-13/h2-10,12,19H,11H2,1H3. The first-order valence-corrected chi connectivity index (χ1v) is 6.79. The van der Waals surface area contributed by atoms with Gasteiger partial charge in [0, 0.05) is 30.3 Å². The number of Topliss-reactive ketones (excluding diaryl/α,β-unsaturated/α-hetero) is 1. The van der Waals surface area contributed by atoms with Gasteiger partial charge in [-0.1, -0.05) is 54.1 Å². The lowest BCUT2D eigenvalue weighted by Crippen LogP contribution is -2.09. The minimum atomic E-state index is 0.0767. The maximum absolute atomic E-state index is 12.4. The number of allylic oxidation sites excluding steroid dienone is 1. The van der Waals surface area contributed by atoms with Crippen LogP contribution in [0.3, 0.4) is 0 Å². The Kier molecular flexibility index (Phi) is 4.97. The van der Waals surface area contributed by atoms with Crippen LogP contribution in [0.1, 0.15) is 11.1 Å². The summed E-state index contributed by atoms with van der Waals surface area (Å²) in [6.45, 7) is 0. The van der Waals surface area contributed by atoms with Gasteiger partial charge in [0.05, 0.1) is 0 Å². The number of nitrogens with one attached hydrogen (secondary N) is 1. The van der Waals surface area contributed by atoms with Gasteiger partial charge in [0.1, 0.15) is 0 Å². The van der Waals surface area contributed by atoms with Crippen molar-refractivity contribution < 1.29 is 4.79 Å². The Labute approximate surface area is 124 Å². The number of hydrogen-bond donors (Lipinski definition) is 1. The van der Waals surface area contributed by atoms with E-state index in [4.69, 9.17) is 11.6 Å². The van der Waals surface area contributed by atoms with Crippen LogP contribution in [0.5, 0.6) is 0 Å². The van der Waals surface area contributed by atoms with Crippen molar-refractivity contribution in [3.8, 4) is 0 Å². The van der Waals surface area contributed by atoms with Crippen LogP contribution in [0.4, 0.5) is 0 Å². The van der Waals surface area contributed by atoms with Gasteiger partial charge in [0.25, 0.3) is 0 Å². The Bertz CT molecular complexity index is 603. The molecule has 20 heavy (non-hydrogen) atoms. The van der Waals surface area contributed by atoms with Crippen molar-refractivity contribution in [1.29, 1.82) is 0 Å². The molecule has 0 fully saturated rings. The molecule has 0 spiro atoms. The first kappa shape index (κ1) is 14.4. The Morgan fingerprint density at radius 3 is 2.35 bits per heavy atom. The average Bonchev–Trinajstić information content (AvgIpc) is 2.47. The van der Waals surface area contributed by atoms with Crippen LogP contribution in [0.25, 0.3) is 5.57 Å². The Balaban J connectivity index is 2.23. The number of rotatable bonds is 5. The van der Waals surface area contributed by atoms with Gasteiger partial charge in [-0.25, -0.2) is 0 Å². The first-order chi connectivity index (χ1) is 9.70. The molecule has 2 nitrogen and oxygen atoms in total. The maximum Gasteiger partial charge on any atom is 0.169 e. The number of benzene rings is 2. The molecule has 0 amide bonds. The van der Waals surface area contributed by atoms with Gasteiger partial charge in [-0.2, -0.15) is 0 Å². The van der Waals surface area contributed by atoms with Crippen molar-refractivity contribution in [2.45, 2.75) is 6.42 Å². The van der Waals surface area contributed by atoms with Crippen LogP contribution < -0.4 is 5.32 Å². The fraction of sp³-hybridized carbons (Fsp3) is 0.118. The van der Waals surface area contributed by atoms with Gasteiger partial charge < -0.3 is 5.32 Å². The topological polar surface area (TPSA) is 29.1 Å². The second-order valence-corrected chi connectivity index (χ2v) is 4.88. The minimum absolute atomic E-state index is 0.0767. The zero-order valence-corrected chi connectivity index (χ0v) is 12.0. The van der Waals surface area contributed by atoms with Crippen LogP contribution >= 0.6 is 11.6 Å². The smallest absolute Gasteiger partial charge is 0.169 e. The number of ketones is 1. The van der Waals surface area contributed by atoms with Crippen molar-refractivity contribution in [2.24, 2.45) is 0 Å². The molecule has 1 N–H and O–H groups in total. The highest BCUT2D eigenvalue weighted by Crippen LogP contribution is 2.19. The highest BCUT2D eigenvalue weighted by atomic mass is 35.5. The van der Waals surface area contributed by atoms with Gasteiger partial charge >= 0.3 is 0 Å². The van der Waals surface area contributed by atoms with Crippen molar-refractivity contribution in [2.75, 3.05) is 7.05 Å². The maximum atomic E-state index is 12.4. The molecule has 102 valence electrons. The van der Waals surface area contributed by atoms with Crippen LogP contribution in [0.15, 0.2) is 60.8 Å². The number of hydrogen-bond acceptors (Lipinski definition) is 2. The summed E-state index contributed by atoms with van der Waals surface area (Å²) in [6, 6.07) is 17.0. The molecule has 0 aliphatic carbocycles. The Morgan fingerprint density at radius 2 is 1.75 bits per heavy atom. The zero-order chi connectivity index (χ0) is 14.4. The van der Waals surface area contributed by atoms with E-state index in [0.29, 0.717) is 17.0 Å². The molecule has 0 aromatic heterocycles. The van der Waals surface area contributed by atoms with Crippen LogP contribution in [-0.2, 0) is 11.2 Å². The van der Waals surface area contributed by atoms with Gasteiger partial charge in [-0.3, -0.25) is 4.79 Å². The summed E-state index contributed by atoms with van der Waals surface area (Å²) < 4.78 is 0. The molecule has 2 aromatic rings. The summed E-state index contributed by atoms with van der Waals surface area (Å²) in [5.74, 6) is 0.0767. The Hall–Kier alpha value is -2.06. The van der Waals surface area contributed by atoms with E-state index in [2.05, 4.69) is 5.32 Å². The first-order valence-electron chi connectivity index (χ1n) is 6.41. The summed E-state index contributed by atoms with van der Waals surface area (Å²) in [6.07, 6.45) is 2.12. The predicted octanol–water partition coefficient (Wildman–Crippen LogP) is 3.71. The van der Waals surface area contributed by atoms with Crippen molar-refractivity contribution >= 4 is 23.0 Å². The number of halogens is 1. The monoisotopic (exact) mass is 285 g/mol. The molecule has 0 heterocycles. The van der Waals surface area contributed by atoms with Crippen LogP contribution in [0.2, 0.25) is 5.02 Å². The molecule has 0 aliphatic rings. The van der Waals surface area contributed by atoms with E-state index in [1.807, 2.05) is 42.5 Å². The molecule has 0 atom stereocenters. The van der Waals surface area contributed by atoms with E-state index >= 15 is 0 Å². The van der Waals surface area contributed by atoms with Gasteiger partial charge in [0.15, 0.2) is 5.78 Å². The normalized spacial score (nSPS) is 11.2. The summed E-state index contributed by atoms with van der Waals surface area (Å²) in [7, 11) is 1.78. The van der Waals surface area contributed by atoms with Gasteiger partial charge in [-0.05, 0) is 23.3 Å². The van der Waals surface area contributed by atoms with Crippen LogP contribution in [-0.4, -0.2) is 12.8 Å². The van der Waals surface area contributed by atoms with E-state index in [9.17, 15) is 4.79 Å². The third kappa shape index (κ3) is 3.72. The van der Waals surface area contributed by atoms with Gasteiger partial charge in [-0.15, -0.1) is 0 Å². The highest BCUT2D eigenvalue weighted by Gasteiger charge is 2.12. The van der Waals surface area contributed by atoms with Crippen molar-refractivity contribution in [3.63, 3.8) is 0 Å². The van der Waals surface area contributed by atoms with Crippen molar-refractivity contribution in [3.05, 3.63) is 76.9 Å². The molecule has 0 unspecified atom stereocenters. The molecular weight excluding hydrogens is 270 g/mol. The number of carbonyl (C=O) groups is 1. The lowest BCUT2D eigenvalue weighted by atomic mass is 9.98. The summed E-state index contributed by atoms with van der Waals surface area (Å²) in [5, 5.41) is 3.59. The second kappa shape index (κ2) is 6.92. The lowest BCUT2D eigenvalue weighted by Gasteiger charge is -2.08. The quantitative estimate of drug-likeness (QED) is 0.849. The molecular formula is C17H16ClNO. The van der Waals surface area contributed by atoms with Gasteiger partial charge in [0.2, 0.25) is 0 Å². The number of carbonyl (C=O) groups excluding carboxylic acids is 1. The molecule has 0 saturated heterocycles. The van der Waals surface area contributed by atoms with E-state index < -0.39 is 0 Å². The summed E-state index contributed by atoms with van der Waals surface area (Å²) in [5.41, 5.74) is 2.53. The minimum Gasteiger partial charge on any atom is -0.393 e. The van der Waals surface area contributed by atoms with E-state index in [0.717, 1.165) is 11.1 Å². The highest BCUT2D eigenvalue weighted by molar-refractivity contribution is 6.30. The molecule has 0 aliphatic heterocycles. The van der Waals surface area contributed by atoms with E-state index in [1.54, 1.807) is 25.4 Å². The van der Waals surface area contributed by atoms with Crippen molar-refractivity contribution in [1.82, 2.24) is 5.32 Å². The Morgan fingerprint density at radius 1 is 1.10 bits per heavy atom. The fourth-order valence-corrected chi connectivity index (χ4v) is 2.10. The lowest BCUT2D eigenvalue weighted by molar-refractivity contribution is -0.113. The third-order valence-electron chi connectivity index (χ3n) is 2.95. The molecule has 0 radical (unpaired) electrons. The second-order valence-electron chi connectivity index (χ2n) is 4.44. The van der Waals surface area contributed by atoms with E-state index in [1.165, 1.54) is 0 Å². The molecule has 2 rings (SSSR count). The van der Waals surface area contributed by atoms with E-state index in [-0.39, 0.29) is 5.78 Å². The SMILES string of the molecule is CNC=C(C(=O)Cc1ccccc1)c1ccc(Cl)cc1. The summed E-state index contributed by atoms with van der Waals surface area (Å²) in [4.78, 5) is 12.4. The molecule has 0 saturated carbocycles. The average molecular weight is 286 g/mol. The molecule has 2 aromatic carbocycles. The largest absolute Gasteiger partial charge is 0.393 e. The predicted molar refractivity (Wildman–Crippen MR) is 83.6 cm³/mol. The van der Waals surface area contributed by atoms with Crippen LogP contribution in [0, 0.1) is 0 Å². The summed E-state index contributed by atoms with van der Waals surface area (Å²) >= 11 is 5.88. The third-order valence-corrected chi connectivity index (χ3v) is 3.20. The zero-order valence-electron chi connectivity index (χ0n) is 11.3. The molecule has 0 bridgehead atoms.